The van der Waals surface area contributed by atoms with Gasteiger partial charge in [0.25, 0.3) is 0 Å². The normalized spacial score (nSPS) is 24.8. The fourth-order valence-electron chi connectivity index (χ4n) is 4.13. The standard InChI is InChI=1S/C23H30N9O7P/c1-13(2)37-21(34)14(3)29-40(35,39-15-8-6-5-7-9-15)36-10-16-18(33)23(4,30-31-25)22(38-16)32-12-28-17-19(24)26-11-27-20(17)32/h5-9,11-14,16,18,22,33H,10H2,1-4H3,(H,29,35)(H2,24,26,27)/t14-,16-,18-,22-,23-,40?/m1/s1. The molecule has 0 aliphatic carbocycles. The van der Waals surface area contributed by atoms with Crippen molar-refractivity contribution in [2.45, 2.75) is 63.8 Å². The quantitative estimate of drug-likeness (QED) is 0.0987. The number of fused-ring (bicyclic) bond motifs is 1. The molecule has 6 atom stereocenters. The fraction of sp³-hybridized carbons (Fsp3) is 0.478. The molecule has 0 bridgehead atoms. The molecule has 40 heavy (non-hydrogen) atoms. The van der Waals surface area contributed by atoms with Crippen LogP contribution in [0.4, 0.5) is 5.82 Å². The lowest BCUT2D eigenvalue weighted by Crippen LogP contribution is -2.43. The topological polar surface area (TPSA) is 222 Å². The Morgan fingerprint density at radius 2 is 2.05 bits per heavy atom. The van der Waals surface area contributed by atoms with E-state index in [9.17, 15) is 20.0 Å². The van der Waals surface area contributed by atoms with Gasteiger partial charge in [0.2, 0.25) is 0 Å². The highest BCUT2D eigenvalue weighted by Gasteiger charge is 2.55. The lowest BCUT2D eigenvalue weighted by atomic mass is 9.93. The van der Waals surface area contributed by atoms with Crippen LogP contribution in [0.2, 0.25) is 0 Å². The van der Waals surface area contributed by atoms with Crippen LogP contribution in [0.5, 0.6) is 5.75 Å². The number of nitrogen functional groups attached to an aromatic ring is 1. The number of hydrogen-bond donors (Lipinski definition) is 3. The van der Waals surface area contributed by atoms with Crippen molar-refractivity contribution in [2.24, 2.45) is 5.11 Å². The van der Waals surface area contributed by atoms with Crippen molar-refractivity contribution in [3.8, 4) is 5.75 Å². The Hall–Kier alpha value is -3.78. The number of azide groups is 1. The first-order valence-corrected chi connectivity index (χ1v) is 13.8. The van der Waals surface area contributed by atoms with Crippen LogP contribution in [0.1, 0.15) is 33.9 Å². The molecule has 16 nitrogen and oxygen atoms in total. The van der Waals surface area contributed by atoms with E-state index in [1.54, 1.807) is 44.2 Å². The summed E-state index contributed by atoms with van der Waals surface area (Å²) in [4.78, 5) is 27.6. The molecule has 214 valence electrons. The van der Waals surface area contributed by atoms with Gasteiger partial charge in [0.05, 0.1) is 25.1 Å². The number of nitrogens with zero attached hydrogens (tertiary/aromatic N) is 7. The maximum absolute atomic E-state index is 13.8. The highest BCUT2D eigenvalue weighted by Crippen LogP contribution is 2.48. The zero-order valence-corrected chi connectivity index (χ0v) is 23.1. The van der Waals surface area contributed by atoms with E-state index in [1.807, 2.05) is 0 Å². The van der Waals surface area contributed by atoms with Crippen molar-refractivity contribution >= 4 is 30.7 Å². The van der Waals surface area contributed by atoms with E-state index >= 15 is 0 Å². The van der Waals surface area contributed by atoms with E-state index in [-0.39, 0.29) is 22.7 Å². The van der Waals surface area contributed by atoms with E-state index in [4.69, 9.17) is 24.3 Å². The van der Waals surface area contributed by atoms with Crippen LogP contribution in [0.3, 0.4) is 0 Å². The summed E-state index contributed by atoms with van der Waals surface area (Å²) >= 11 is 0. The minimum Gasteiger partial charge on any atom is -0.462 e. The third kappa shape index (κ3) is 6.02. The van der Waals surface area contributed by atoms with Gasteiger partial charge in [0, 0.05) is 4.91 Å². The van der Waals surface area contributed by atoms with E-state index < -0.39 is 56.4 Å². The van der Waals surface area contributed by atoms with Gasteiger partial charge < -0.3 is 24.8 Å². The Labute approximate surface area is 229 Å². The van der Waals surface area contributed by atoms with Crippen LogP contribution in [0, 0.1) is 0 Å². The summed E-state index contributed by atoms with van der Waals surface area (Å²) in [5.74, 6) is -0.339. The van der Waals surface area contributed by atoms with Gasteiger partial charge in [-0.05, 0) is 45.4 Å². The number of anilines is 1. The number of esters is 1. The average molecular weight is 576 g/mol. The minimum atomic E-state index is -4.26. The predicted octanol–water partition coefficient (Wildman–Crippen LogP) is 2.87. The van der Waals surface area contributed by atoms with Gasteiger partial charge in [-0.3, -0.25) is 13.9 Å². The first-order chi connectivity index (χ1) is 19.0. The number of carbonyl (C=O) groups is 1. The monoisotopic (exact) mass is 575 g/mol. The molecule has 3 aromatic rings. The number of nitrogens with one attached hydrogen (secondary N) is 1. The number of nitrogens with two attached hydrogens (primary N) is 1. The molecule has 0 spiro atoms. The molecule has 1 aromatic carbocycles. The summed E-state index contributed by atoms with van der Waals surface area (Å²) < 4.78 is 37.9. The van der Waals surface area contributed by atoms with Gasteiger partial charge in [-0.1, -0.05) is 23.3 Å². The molecule has 3 heterocycles. The minimum absolute atomic E-state index is 0.128. The Morgan fingerprint density at radius 1 is 1.32 bits per heavy atom. The number of hydrogen-bond acceptors (Lipinski definition) is 12. The molecule has 1 unspecified atom stereocenters. The Balaban J connectivity index is 1.60. The molecular weight excluding hydrogens is 545 g/mol. The summed E-state index contributed by atoms with van der Waals surface area (Å²) in [6.07, 6.45) is -1.49. The van der Waals surface area contributed by atoms with Crippen LogP contribution in [-0.2, 0) is 23.4 Å². The van der Waals surface area contributed by atoms with Gasteiger partial charge in [-0.2, -0.15) is 5.09 Å². The predicted molar refractivity (Wildman–Crippen MR) is 142 cm³/mol. The first kappa shape index (κ1) is 29.2. The largest absolute Gasteiger partial charge is 0.462 e. The van der Waals surface area contributed by atoms with E-state index in [2.05, 4.69) is 30.1 Å². The van der Waals surface area contributed by atoms with Crippen molar-refractivity contribution < 1.29 is 33.0 Å². The van der Waals surface area contributed by atoms with Gasteiger partial charge in [-0.25, -0.2) is 19.5 Å². The number of aromatic nitrogens is 4. The summed E-state index contributed by atoms with van der Waals surface area (Å²) in [5, 5.41) is 17.6. The van der Waals surface area contributed by atoms with Crippen LogP contribution in [-0.4, -0.2) is 67.1 Å². The number of carbonyl (C=O) groups excluding carboxylic acids is 1. The summed E-state index contributed by atoms with van der Waals surface area (Å²) in [6, 6.07) is 7.12. The van der Waals surface area contributed by atoms with Gasteiger partial charge >= 0.3 is 13.7 Å². The Kier molecular flexibility index (Phi) is 8.59. The van der Waals surface area contributed by atoms with Crippen molar-refractivity contribution in [3.05, 3.63) is 53.4 Å². The first-order valence-electron chi connectivity index (χ1n) is 12.3. The van der Waals surface area contributed by atoms with E-state index in [0.717, 1.165) is 0 Å². The third-order valence-corrected chi connectivity index (χ3v) is 7.73. The highest BCUT2D eigenvalue weighted by molar-refractivity contribution is 7.52. The Morgan fingerprint density at radius 3 is 2.73 bits per heavy atom. The molecule has 1 saturated heterocycles. The number of benzene rings is 1. The number of ether oxygens (including phenoxy) is 2. The number of para-hydroxylation sites is 1. The second kappa shape index (κ2) is 11.8. The number of rotatable bonds is 11. The molecule has 0 saturated carbocycles. The molecule has 4 rings (SSSR count). The Bertz CT molecular complexity index is 1450. The molecule has 4 N–H and O–H groups in total. The molecule has 1 aliphatic rings. The van der Waals surface area contributed by atoms with Crippen LogP contribution in [0.15, 0.2) is 48.1 Å². The molecular formula is C23H30N9O7P. The van der Waals surface area contributed by atoms with Crippen LogP contribution >= 0.6 is 7.75 Å². The van der Waals surface area contributed by atoms with Crippen molar-refractivity contribution in [1.29, 1.82) is 0 Å². The molecule has 0 amide bonds. The number of aliphatic hydroxyl groups is 1. The molecule has 1 fully saturated rings. The van der Waals surface area contributed by atoms with E-state index in [0.29, 0.717) is 0 Å². The smallest absolute Gasteiger partial charge is 0.459 e. The molecule has 1 aliphatic heterocycles. The maximum Gasteiger partial charge on any atom is 0.459 e. The SMILES string of the molecule is CC(C)OC(=O)[C@@H](C)NP(=O)(OC[C@H]1O[C@@H](n2cnc3c(N)ncnc32)[C@](C)(N=[N+]=[N-])[C@@H]1O)Oc1ccccc1. The molecule has 0 radical (unpaired) electrons. The lowest BCUT2D eigenvalue weighted by molar-refractivity contribution is -0.149. The lowest BCUT2D eigenvalue weighted by Gasteiger charge is -2.28. The van der Waals surface area contributed by atoms with Crippen LogP contribution < -0.4 is 15.3 Å². The summed E-state index contributed by atoms with van der Waals surface area (Å²) in [6.45, 7) is 5.81. The van der Waals surface area contributed by atoms with Gasteiger partial charge in [0.1, 0.15) is 35.3 Å². The fourth-order valence-corrected chi connectivity index (χ4v) is 5.63. The van der Waals surface area contributed by atoms with Gasteiger partial charge in [0.15, 0.2) is 17.7 Å². The van der Waals surface area contributed by atoms with Gasteiger partial charge in [-0.15, -0.1) is 0 Å². The molecule has 2 aromatic heterocycles. The molecule has 17 heteroatoms. The van der Waals surface area contributed by atoms with Crippen molar-refractivity contribution in [2.75, 3.05) is 12.3 Å². The third-order valence-electron chi connectivity index (χ3n) is 6.09. The van der Waals surface area contributed by atoms with E-state index in [1.165, 1.54) is 31.1 Å². The zero-order valence-electron chi connectivity index (χ0n) is 22.2. The summed E-state index contributed by atoms with van der Waals surface area (Å²) in [5.41, 5.74) is 14.2. The second-order valence-electron chi connectivity index (χ2n) is 9.50. The maximum atomic E-state index is 13.8. The van der Waals surface area contributed by atoms with Crippen molar-refractivity contribution in [3.63, 3.8) is 0 Å². The number of aliphatic hydroxyl groups excluding tert-OH is 1. The zero-order chi connectivity index (χ0) is 29.1. The summed E-state index contributed by atoms with van der Waals surface area (Å²) in [7, 11) is -4.26. The van der Waals surface area contributed by atoms with Crippen molar-refractivity contribution in [1.82, 2.24) is 24.6 Å². The van der Waals surface area contributed by atoms with Crippen LogP contribution in [0.25, 0.3) is 21.6 Å². The highest BCUT2D eigenvalue weighted by atomic mass is 31.2. The number of imidazole rings is 1. The second-order valence-corrected chi connectivity index (χ2v) is 11.2. The average Bonchev–Trinajstić information content (AvgIpc) is 3.43.